The van der Waals surface area contributed by atoms with E-state index in [0.717, 1.165) is 24.9 Å². The molecule has 1 saturated carbocycles. The molecule has 136 valence electrons. The molecule has 0 aliphatic heterocycles. The molecule has 3 rings (SSSR count). The predicted octanol–water partition coefficient (Wildman–Crippen LogP) is 2.98. The van der Waals surface area contributed by atoms with Crippen LogP contribution in [0.1, 0.15) is 31.2 Å². The lowest BCUT2D eigenvalue weighted by molar-refractivity contribution is 0.642. The number of aryl methyl sites for hydroxylation is 1. The average Bonchev–Trinajstić information content (AvgIpc) is 3.26. The van der Waals surface area contributed by atoms with Crippen LogP contribution in [0.15, 0.2) is 40.1 Å². The molecule has 2 N–H and O–H groups in total. The fourth-order valence-corrected chi connectivity index (χ4v) is 3.48. The van der Waals surface area contributed by atoms with Gasteiger partial charge < -0.3 is 15.2 Å². The minimum absolute atomic E-state index is 0. The lowest BCUT2D eigenvalue weighted by atomic mass is 9.96. The first kappa shape index (κ1) is 20.2. The monoisotopic (exact) mass is 518 g/mol. The van der Waals surface area contributed by atoms with Gasteiger partial charge >= 0.3 is 0 Å². The summed E-state index contributed by atoms with van der Waals surface area (Å²) in [6.07, 6.45) is 4.09. The number of hydrogen-bond acceptors (Lipinski definition) is 3. The van der Waals surface area contributed by atoms with E-state index < -0.39 is 0 Å². The molecular formula is C17H24BrIN6. The van der Waals surface area contributed by atoms with Crippen LogP contribution < -0.4 is 10.6 Å². The number of hydrogen-bond donors (Lipinski definition) is 2. The number of halogens is 2. The van der Waals surface area contributed by atoms with E-state index in [-0.39, 0.29) is 29.4 Å². The summed E-state index contributed by atoms with van der Waals surface area (Å²) in [7, 11) is 1.93. The normalized spacial score (nSPS) is 15.4. The second kappa shape index (κ2) is 8.98. The summed E-state index contributed by atoms with van der Waals surface area (Å²) in [5, 5.41) is 14.8. The summed E-state index contributed by atoms with van der Waals surface area (Å²) in [6.45, 7) is 4.28. The molecule has 0 radical (unpaired) electrons. The van der Waals surface area contributed by atoms with E-state index in [4.69, 9.17) is 0 Å². The van der Waals surface area contributed by atoms with Crippen molar-refractivity contribution in [2.75, 3.05) is 13.1 Å². The van der Waals surface area contributed by atoms with Gasteiger partial charge in [0.25, 0.3) is 0 Å². The number of rotatable bonds is 6. The van der Waals surface area contributed by atoms with Gasteiger partial charge in [-0.05, 0) is 31.4 Å². The fourth-order valence-electron chi connectivity index (χ4n) is 2.78. The molecule has 0 atom stereocenters. The zero-order chi connectivity index (χ0) is 17.0. The molecule has 0 amide bonds. The van der Waals surface area contributed by atoms with Gasteiger partial charge in [0, 0.05) is 30.0 Å². The second-order valence-electron chi connectivity index (χ2n) is 6.17. The summed E-state index contributed by atoms with van der Waals surface area (Å²) in [5.41, 5.74) is 1.59. The summed E-state index contributed by atoms with van der Waals surface area (Å²) >= 11 is 3.68. The first-order valence-corrected chi connectivity index (χ1v) is 9.04. The third kappa shape index (κ3) is 4.93. The number of aromatic nitrogens is 3. The van der Waals surface area contributed by atoms with Crippen molar-refractivity contribution >= 4 is 45.9 Å². The fraction of sp³-hybridized carbons (Fsp3) is 0.471. The molecule has 1 aliphatic carbocycles. The molecule has 0 bridgehead atoms. The molecule has 2 aromatic rings. The first-order chi connectivity index (χ1) is 11.6. The Kier molecular flexibility index (Phi) is 7.24. The third-order valence-corrected chi connectivity index (χ3v) is 5.11. The van der Waals surface area contributed by atoms with Crippen molar-refractivity contribution in [1.82, 2.24) is 25.4 Å². The van der Waals surface area contributed by atoms with E-state index in [1.165, 1.54) is 22.9 Å². The van der Waals surface area contributed by atoms with Gasteiger partial charge in [-0.3, -0.25) is 0 Å². The Bertz CT molecular complexity index is 725. The van der Waals surface area contributed by atoms with Crippen LogP contribution in [0.3, 0.4) is 0 Å². The zero-order valence-electron chi connectivity index (χ0n) is 14.5. The van der Waals surface area contributed by atoms with E-state index in [1.807, 2.05) is 11.6 Å². The van der Waals surface area contributed by atoms with Crippen molar-refractivity contribution in [2.45, 2.75) is 31.7 Å². The van der Waals surface area contributed by atoms with Crippen LogP contribution in [-0.2, 0) is 19.0 Å². The third-order valence-electron chi connectivity index (χ3n) is 4.42. The van der Waals surface area contributed by atoms with Crippen LogP contribution in [0, 0.1) is 0 Å². The SMILES string of the molecule is CCNC(=NCc1nncn1C)NCC1(c2ccccc2Br)CC1.I. The molecule has 1 fully saturated rings. The van der Waals surface area contributed by atoms with E-state index >= 15 is 0 Å². The minimum atomic E-state index is 0. The van der Waals surface area contributed by atoms with Crippen LogP contribution in [-0.4, -0.2) is 33.8 Å². The standard InChI is InChI=1S/C17H23BrN6.HI/c1-3-19-16(20-10-15-23-22-12-24(15)2)21-11-17(8-9-17)13-6-4-5-7-14(13)18;/h4-7,12H,3,8-11H2,1-2H3,(H2,19,20,21);1H. The molecule has 0 unspecified atom stereocenters. The molecular weight excluding hydrogens is 495 g/mol. The molecule has 1 aliphatic rings. The van der Waals surface area contributed by atoms with Gasteiger partial charge in [-0.2, -0.15) is 0 Å². The molecule has 1 heterocycles. The van der Waals surface area contributed by atoms with Crippen molar-refractivity contribution < 1.29 is 0 Å². The number of nitrogens with zero attached hydrogens (tertiary/aromatic N) is 4. The van der Waals surface area contributed by atoms with Crippen molar-refractivity contribution in [3.8, 4) is 0 Å². The maximum absolute atomic E-state index is 4.62. The summed E-state index contributed by atoms with van der Waals surface area (Å²) in [6, 6.07) is 8.49. The first-order valence-electron chi connectivity index (χ1n) is 8.25. The van der Waals surface area contributed by atoms with E-state index in [1.54, 1.807) is 6.33 Å². The lowest BCUT2D eigenvalue weighted by Gasteiger charge is -2.20. The van der Waals surface area contributed by atoms with Crippen LogP contribution in [0.2, 0.25) is 0 Å². The van der Waals surface area contributed by atoms with Gasteiger partial charge in [0.1, 0.15) is 12.9 Å². The van der Waals surface area contributed by atoms with Gasteiger partial charge in [-0.15, -0.1) is 34.2 Å². The highest BCUT2D eigenvalue weighted by Gasteiger charge is 2.45. The number of aliphatic imine (C=N–C) groups is 1. The number of nitrogens with one attached hydrogen (secondary N) is 2. The lowest BCUT2D eigenvalue weighted by Crippen LogP contribution is -2.41. The van der Waals surface area contributed by atoms with Gasteiger partial charge in [-0.1, -0.05) is 34.1 Å². The Hall–Kier alpha value is -1.16. The predicted molar refractivity (Wildman–Crippen MR) is 114 cm³/mol. The molecule has 1 aromatic heterocycles. The Labute approximate surface area is 174 Å². The van der Waals surface area contributed by atoms with Gasteiger partial charge in [0.2, 0.25) is 0 Å². The maximum Gasteiger partial charge on any atom is 0.191 e. The minimum Gasteiger partial charge on any atom is -0.357 e. The van der Waals surface area contributed by atoms with E-state index in [2.05, 4.69) is 72.9 Å². The summed E-state index contributed by atoms with van der Waals surface area (Å²) in [4.78, 5) is 4.62. The highest BCUT2D eigenvalue weighted by Crippen LogP contribution is 2.49. The van der Waals surface area contributed by atoms with Gasteiger partial charge in [0.15, 0.2) is 11.8 Å². The van der Waals surface area contributed by atoms with Crippen LogP contribution in [0.25, 0.3) is 0 Å². The highest BCUT2D eigenvalue weighted by molar-refractivity contribution is 14.0. The molecule has 0 spiro atoms. The molecule has 0 saturated heterocycles. The number of guanidine groups is 1. The number of benzene rings is 1. The Balaban J connectivity index is 0.00000225. The quantitative estimate of drug-likeness (QED) is 0.350. The Morgan fingerprint density at radius 3 is 2.68 bits per heavy atom. The summed E-state index contributed by atoms with van der Waals surface area (Å²) in [5.74, 6) is 1.66. The largest absolute Gasteiger partial charge is 0.357 e. The van der Waals surface area contributed by atoms with Crippen molar-refractivity contribution in [3.63, 3.8) is 0 Å². The molecule has 8 heteroatoms. The van der Waals surface area contributed by atoms with Crippen LogP contribution >= 0.6 is 39.9 Å². The van der Waals surface area contributed by atoms with E-state index in [0.29, 0.717) is 6.54 Å². The highest BCUT2D eigenvalue weighted by atomic mass is 127. The second-order valence-corrected chi connectivity index (χ2v) is 7.02. The van der Waals surface area contributed by atoms with Crippen molar-refractivity contribution in [1.29, 1.82) is 0 Å². The van der Waals surface area contributed by atoms with Gasteiger partial charge in [-0.25, -0.2) is 4.99 Å². The Morgan fingerprint density at radius 1 is 1.32 bits per heavy atom. The smallest absolute Gasteiger partial charge is 0.191 e. The van der Waals surface area contributed by atoms with Crippen LogP contribution in [0.4, 0.5) is 0 Å². The molecule has 25 heavy (non-hydrogen) atoms. The molecule has 1 aromatic carbocycles. The van der Waals surface area contributed by atoms with Crippen LogP contribution in [0.5, 0.6) is 0 Å². The summed E-state index contributed by atoms with van der Waals surface area (Å²) < 4.78 is 3.07. The van der Waals surface area contributed by atoms with Crippen molar-refractivity contribution in [3.05, 3.63) is 46.5 Å². The molecule has 6 nitrogen and oxygen atoms in total. The Morgan fingerprint density at radius 2 is 2.08 bits per heavy atom. The maximum atomic E-state index is 4.62. The van der Waals surface area contributed by atoms with E-state index in [9.17, 15) is 0 Å². The average molecular weight is 519 g/mol. The van der Waals surface area contributed by atoms with Crippen molar-refractivity contribution in [2.24, 2.45) is 12.0 Å². The zero-order valence-corrected chi connectivity index (χ0v) is 18.4. The van der Waals surface area contributed by atoms with Gasteiger partial charge in [0.05, 0.1) is 0 Å². The topological polar surface area (TPSA) is 67.1 Å².